The van der Waals surface area contributed by atoms with Crippen LogP contribution in [0.15, 0.2) is 60.9 Å². The maximum absolute atomic E-state index is 12.3. The predicted octanol–water partition coefficient (Wildman–Crippen LogP) is 4.48. The lowest BCUT2D eigenvalue weighted by Gasteiger charge is -2.12. The maximum Gasteiger partial charge on any atom is 0.275 e. The molecule has 3 rings (SSSR count). The van der Waals surface area contributed by atoms with Gasteiger partial charge < -0.3 is 10.1 Å². The van der Waals surface area contributed by atoms with Gasteiger partial charge in [0.05, 0.1) is 17.6 Å². The van der Waals surface area contributed by atoms with Crippen LogP contribution in [0.1, 0.15) is 16.2 Å². The number of benzene rings is 2. The van der Waals surface area contributed by atoms with Crippen molar-refractivity contribution in [3.05, 3.63) is 77.3 Å². The molecule has 5 nitrogen and oxygen atoms in total. The van der Waals surface area contributed by atoms with Crippen molar-refractivity contribution < 1.29 is 9.53 Å². The van der Waals surface area contributed by atoms with Crippen molar-refractivity contribution in [2.24, 2.45) is 0 Å². The average Bonchev–Trinajstić information content (AvgIpc) is 2.59. The highest BCUT2D eigenvalue weighted by Gasteiger charge is 2.13. The molecule has 0 unspecified atom stereocenters. The van der Waals surface area contributed by atoms with E-state index in [9.17, 15) is 4.79 Å². The molecule has 0 saturated heterocycles. The molecular weight excluding hydrogens is 326 g/mol. The molecule has 0 bridgehead atoms. The molecule has 0 saturated carbocycles. The van der Waals surface area contributed by atoms with Crippen LogP contribution in [0.2, 0.25) is 5.02 Å². The summed E-state index contributed by atoms with van der Waals surface area (Å²) < 4.78 is 5.81. The third kappa shape index (κ3) is 3.88. The van der Waals surface area contributed by atoms with Crippen molar-refractivity contribution >= 4 is 23.2 Å². The SMILES string of the molecule is Cc1cnc(C(=O)Nc2cc(Cl)ccc2Oc2ccccc2)cn1. The minimum atomic E-state index is -0.386. The van der Waals surface area contributed by atoms with Crippen molar-refractivity contribution in [3.8, 4) is 11.5 Å². The zero-order valence-corrected chi connectivity index (χ0v) is 13.6. The lowest BCUT2D eigenvalue weighted by molar-refractivity contribution is 0.102. The summed E-state index contributed by atoms with van der Waals surface area (Å²) in [6, 6.07) is 14.3. The number of carbonyl (C=O) groups is 1. The van der Waals surface area contributed by atoms with E-state index < -0.39 is 0 Å². The van der Waals surface area contributed by atoms with Gasteiger partial charge in [-0.3, -0.25) is 9.78 Å². The molecule has 120 valence electrons. The smallest absolute Gasteiger partial charge is 0.275 e. The third-order valence-corrected chi connectivity index (χ3v) is 3.41. The number of aromatic nitrogens is 2. The van der Waals surface area contributed by atoms with Crippen molar-refractivity contribution in [2.75, 3.05) is 5.32 Å². The lowest BCUT2D eigenvalue weighted by atomic mass is 10.2. The summed E-state index contributed by atoms with van der Waals surface area (Å²) in [5.74, 6) is 0.757. The molecule has 2 aromatic carbocycles. The summed E-state index contributed by atoms with van der Waals surface area (Å²) in [5.41, 5.74) is 1.41. The van der Waals surface area contributed by atoms with Crippen LogP contribution in [0.4, 0.5) is 5.69 Å². The number of nitrogens with one attached hydrogen (secondary N) is 1. The number of rotatable bonds is 4. The Bertz CT molecular complexity index is 852. The standard InChI is InChI=1S/C18H14ClN3O2/c1-12-10-21-16(11-20-12)18(23)22-15-9-13(19)7-8-17(15)24-14-5-3-2-4-6-14/h2-11H,1H3,(H,22,23). The molecule has 1 N–H and O–H groups in total. The van der Waals surface area contributed by atoms with Crippen LogP contribution in [0.5, 0.6) is 11.5 Å². The van der Waals surface area contributed by atoms with Crippen LogP contribution >= 0.6 is 11.6 Å². The minimum absolute atomic E-state index is 0.214. The van der Waals surface area contributed by atoms with Gasteiger partial charge in [0.1, 0.15) is 11.4 Å². The first-order valence-corrected chi connectivity index (χ1v) is 7.62. The van der Waals surface area contributed by atoms with Gasteiger partial charge in [-0.15, -0.1) is 0 Å². The van der Waals surface area contributed by atoms with Crippen molar-refractivity contribution in [2.45, 2.75) is 6.92 Å². The van der Waals surface area contributed by atoms with Crippen molar-refractivity contribution in [3.63, 3.8) is 0 Å². The topological polar surface area (TPSA) is 64.1 Å². The van der Waals surface area contributed by atoms with Gasteiger partial charge in [0.25, 0.3) is 5.91 Å². The molecular formula is C18H14ClN3O2. The van der Waals surface area contributed by atoms with Gasteiger partial charge in [0.15, 0.2) is 5.75 Å². The number of halogens is 1. The Balaban J connectivity index is 1.85. The van der Waals surface area contributed by atoms with Crippen molar-refractivity contribution in [1.82, 2.24) is 9.97 Å². The fourth-order valence-electron chi connectivity index (χ4n) is 2.00. The monoisotopic (exact) mass is 339 g/mol. The van der Waals surface area contributed by atoms with Gasteiger partial charge in [-0.05, 0) is 37.3 Å². The Labute approximate surface area is 144 Å². The quantitative estimate of drug-likeness (QED) is 0.761. The van der Waals surface area contributed by atoms with E-state index in [-0.39, 0.29) is 11.6 Å². The summed E-state index contributed by atoms with van der Waals surface area (Å²) >= 11 is 6.04. The number of hydrogen-bond donors (Lipinski definition) is 1. The summed E-state index contributed by atoms with van der Waals surface area (Å²) in [4.78, 5) is 20.5. The molecule has 0 fully saturated rings. The Morgan fingerprint density at radius 1 is 1.08 bits per heavy atom. The molecule has 0 aliphatic heterocycles. The number of hydrogen-bond acceptors (Lipinski definition) is 4. The Kier molecular flexibility index (Phi) is 4.72. The zero-order chi connectivity index (χ0) is 16.9. The fraction of sp³-hybridized carbons (Fsp3) is 0.0556. The van der Waals surface area contributed by atoms with Crippen LogP contribution in [-0.2, 0) is 0 Å². The zero-order valence-electron chi connectivity index (χ0n) is 12.9. The highest BCUT2D eigenvalue weighted by Crippen LogP contribution is 2.32. The van der Waals surface area contributed by atoms with Gasteiger partial charge in [-0.25, -0.2) is 4.98 Å². The molecule has 24 heavy (non-hydrogen) atoms. The van der Waals surface area contributed by atoms with Crippen molar-refractivity contribution in [1.29, 1.82) is 0 Å². The number of para-hydroxylation sites is 1. The first-order valence-electron chi connectivity index (χ1n) is 7.24. The second kappa shape index (κ2) is 7.10. The molecule has 0 aliphatic carbocycles. The molecule has 1 amide bonds. The van der Waals surface area contributed by atoms with Gasteiger partial charge in [-0.1, -0.05) is 29.8 Å². The van der Waals surface area contributed by atoms with Crippen LogP contribution in [0.3, 0.4) is 0 Å². The van der Waals surface area contributed by atoms with Gasteiger partial charge >= 0.3 is 0 Å². The van der Waals surface area contributed by atoms with E-state index in [1.54, 1.807) is 25.1 Å². The first-order chi connectivity index (χ1) is 11.6. The van der Waals surface area contributed by atoms with Crippen LogP contribution in [-0.4, -0.2) is 15.9 Å². The third-order valence-electron chi connectivity index (χ3n) is 3.17. The van der Waals surface area contributed by atoms with Gasteiger partial charge in [0, 0.05) is 11.2 Å². The largest absolute Gasteiger partial charge is 0.455 e. The highest BCUT2D eigenvalue weighted by atomic mass is 35.5. The fourth-order valence-corrected chi connectivity index (χ4v) is 2.17. The number of amides is 1. The van der Waals surface area contributed by atoms with E-state index in [2.05, 4.69) is 15.3 Å². The van der Waals surface area contributed by atoms with Crippen LogP contribution < -0.4 is 10.1 Å². The summed E-state index contributed by atoms with van der Waals surface area (Å²) in [6.07, 6.45) is 2.96. The molecule has 0 atom stereocenters. The summed E-state index contributed by atoms with van der Waals surface area (Å²) in [5, 5.41) is 3.24. The van der Waals surface area contributed by atoms with Gasteiger partial charge in [-0.2, -0.15) is 0 Å². The summed E-state index contributed by atoms with van der Waals surface area (Å²) in [7, 11) is 0. The first kappa shape index (κ1) is 16.0. The number of nitrogens with zero attached hydrogens (tertiary/aromatic N) is 2. The van der Waals surface area contributed by atoms with E-state index in [1.807, 2.05) is 30.3 Å². The van der Waals surface area contributed by atoms with Gasteiger partial charge in [0.2, 0.25) is 0 Å². The van der Waals surface area contributed by atoms with E-state index >= 15 is 0 Å². The highest BCUT2D eigenvalue weighted by molar-refractivity contribution is 6.31. The van der Waals surface area contributed by atoms with Crippen LogP contribution in [0.25, 0.3) is 0 Å². The number of carbonyl (C=O) groups excluding carboxylic acids is 1. The molecule has 1 aromatic heterocycles. The van der Waals surface area contributed by atoms with E-state index in [0.29, 0.717) is 22.2 Å². The molecule has 0 spiro atoms. The van der Waals surface area contributed by atoms with E-state index in [4.69, 9.17) is 16.3 Å². The second-order valence-electron chi connectivity index (χ2n) is 5.05. The minimum Gasteiger partial charge on any atom is -0.455 e. The molecule has 3 aromatic rings. The molecule has 0 radical (unpaired) electrons. The van der Waals surface area contributed by atoms with E-state index in [0.717, 1.165) is 5.69 Å². The normalized spacial score (nSPS) is 10.2. The predicted molar refractivity (Wildman–Crippen MR) is 92.7 cm³/mol. The Morgan fingerprint density at radius 2 is 1.88 bits per heavy atom. The molecule has 6 heteroatoms. The number of aryl methyl sites for hydroxylation is 1. The Morgan fingerprint density at radius 3 is 2.58 bits per heavy atom. The maximum atomic E-state index is 12.3. The number of anilines is 1. The molecule has 1 heterocycles. The lowest BCUT2D eigenvalue weighted by Crippen LogP contribution is -2.14. The average molecular weight is 340 g/mol. The van der Waals surface area contributed by atoms with E-state index in [1.165, 1.54) is 12.4 Å². The van der Waals surface area contributed by atoms with Crippen LogP contribution in [0, 0.1) is 6.92 Å². The second-order valence-corrected chi connectivity index (χ2v) is 5.49. The number of ether oxygens (including phenoxy) is 1. The molecule has 0 aliphatic rings. The summed E-state index contributed by atoms with van der Waals surface area (Å²) in [6.45, 7) is 1.80. The Hall–Kier alpha value is -2.92.